The molecule has 3 aromatic heterocycles. The SMILES string of the molecule is NC(Cc1cnc[nH]1)c1nc2ncncc2[nH]1. The molecular weight excluding hydrogens is 218 g/mol. The van der Waals surface area contributed by atoms with E-state index in [0.29, 0.717) is 17.9 Å². The Labute approximate surface area is 96.5 Å². The highest BCUT2D eigenvalue weighted by molar-refractivity contribution is 5.68. The van der Waals surface area contributed by atoms with Crippen molar-refractivity contribution in [1.82, 2.24) is 29.9 Å². The maximum atomic E-state index is 6.06. The Morgan fingerprint density at radius 2 is 2.24 bits per heavy atom. The molecule has 0 radical (unpaired) electrons. The van der Waals surface area contributed by atoms with E-state index in [1.54, 1.807) is 18.7 Å². The minimum absolute atomic E-state index is 0.218. The Balaban J connectivity index is 1.88. The molecule has 0 bridgehead atoms. The van der Waals surface area contributed by atoms with Crippen molar-refractivity contribution in [2.75, 3.05) is 0 Å². The molecule has 0 fully saturated rings. The maximum absolute atomic E-state index is 6.06. The second kappa shape index (κ2) is 3.95. The fourth-order valence-corrected chi connectivity index (χ4v) is 1.69. The lowest BCUT2D eigenvalue weighted by atomic mass is 10.2. The summed E-state index contributed by atoms with van der Waals surface area (Å²) in [4.78, 5) is 22.4. The van der Waals surface area contributed by atoms with Crippen LogP contribution in [0.15, 0.2) is 25.0 Å². The van der Waals surface area contributed by atoms with E-state index in [1.807, 2.05) is 0 Å². The minimum Gasteiger partial charge on any atom is -0.348 e. The number of aromatic amines is 2. The molecule has 3 rings (SSSR count). The maximum Gasteiger partial charge on any atom is 0.180 e. The van der Waals surface area contributed by atoms with Crippen LogP contribution in [0.5, 0.6) is 0 Å². The smallest absolute Gasteiger partial charge is 0.180 e. The van der Waals surface area contributed by atoms with E-state index in [2.05, 4.69) is 29.9 Å². The summed E-state index contributed by atoms with van der Waals surface area (Å²) < 4.78 is 0. The molecule has 7 heteroatoms. The van der Waals surface area contributed by atoms with Crippen molar-refractivity contribution < 1.29 is 0 Å². The number of nitrogens with one attached hydrogen (secondary N) is 2. The van der Waals surface area contributed by atoms with E-state index < -0.39 is 0 Å². The number of hydrogen-bond acceptors (Lipinski definition) is 5. The molecule has 0 aliphatic rings. The predicted octanol–water partition coefficient (Wildman–Crippen LogP) is 0.318. The highest BCUT2D eigenvalue weighted by atomic mass is 15.0. The van der Waals surface area contributed by atoms with Gasteiger partial charge in [-0.3, -0.25) is 0 Å². The quantitative estimate of drug-likeness (QED) is 0.599. The molecule has 0 saturated heterocycles. The van der Waals surface area contributed by atoms with Crippen LogP contribution >= 0.6 is 0 Å². The molecule has 0 saturated carbocycles. The first-order valence-corrected chi connectivity index (χ1v) is 5.21. The van der Waals surface area contributed by atoms with Crippen LogP contribution in [0.2, 0.25) is 0 Å². The van der Waals surface area contributed by atoms with Crippen LogP contribution in [-0.4, -0.2) is 29.9 Å². The number of rotatable bonds is 3. The Hall–Kier alpha value is -2.28. The molecule has 1 atom stereocenters. The summed E-state index contributed by atoms with van der Waals surface area (Å²) in [6.45, 7) is 0. The topological polar surface area (TPSA) is 109 Å². The second-order valence-corrected chi connectivity index (χ2v) is 3.77. The molecule has 0 aliphatic heterocycles. The third kappa shape index (κ3) is 1.87. The lowest BCUT2D eigenvalue weighted by molar-refractivity contribution is 0.670. The van der Waals surface area contributed by atoms with E-state index >= 15 is 0 Å². The summed E-state index contributed by atoms with van der Waals surface area (Å²) in [5, 5.41) is 0. The van der Waals surface area contributed by atoms with E-state index in [4.69, 9.17) is 5.73 Å². The summed E-state index contributed by atoms with van der Waals surface area (Å²) in [6, 6.07) is -0.218. The molecular formula is C10H11N7. The third-order valence-corrected chi connectivity index (χ3v) is 2.53. The van der Waals surface area contributed by atoms with Crippen molar-refractivity contribution in [3.05, 3.63) is 36.6 Å². The highest BCUT2D eigenvalue weighted by Gasteiger charge is 2.13. The lowest BCUT2D eigenvalue weighted by Gasteiger charge is -2.05. The van der Waals surface area contributed by atoms with Crippen molar-refractivity contribution in [1.29, 1.82) is 0 Å². The van der Waals surface area contributed by atoms with Gasteiger partial charge in [-0.2, -0.15) is 0 Å². The molecule has 0 spiro atoms. The van der Waals surface area contributed by atoms with E-state index in [1.165, 1.54) is 6.33 Å². The van der Waals surface area contributed by atoms with Crippen molar-refractivity contribution in [3.63, 3.8) is 0 Å². The van der Waals surface area contributed by atoms with Gasteiger partial charge < -0.3 is 15.7 Å². The Morgan fingerprint density at radius 3 is 3.00 bits per heavy atom. The first-order valence-electron chi connectivity index (χ1n) is 5.21. The number of hydrogen-bond donors (Lipinski definition) is 3. The van der Waals surface area contributed by atoms with Crippen LogP contribution in [0.25, 0.3) is 11.2 Å². The monoisotopic (exact) mass is 229 g/mol. The van der Waals surface area contributed by atoms with Crippen LogP contribution in [0.3, 0.4) is 0 Å². The summed E-state index contributed by atoms with van der Waals surface area (Å²) in [6.07, 6.45) is 7.18. The van der Waals surface area contributed by atoms with Crippen LogP contribution in [0.1, 0.15) is 17.6 Å². The number of H-pyrrole nitrogens is 2. The first kappa shape index (κ1) is 9.91. The molecule has 7 nitrogen and oxygen atoms in total. The molecule has 0 amide bonds. The average Bonchev–Trinajstić information content (AvgIpc) is 2.96. The van der Waals surface area contributed by atoms with Gasteiger partial charge >= 0.3 is 0 Å². The Morgan fingerprint density at radius 1 is 1.29 bits per heavy atom. The molecule has 1 unspecified atom stereocenters. The molecule has 17 heavy (non-hydrogen) atoms. The Kier molecular flexibility index (Phi) is 2.30. The summed E-state index contributed by atoms with van der Waals surface area (Å²) in [5.41, 5.74) is 8.46. The molecule has 0 aliphatic carbocycles. The molecule has 3 heterocycles. The van der Waals surface area contributed by atoms with Crippen LogP contribution in [-0.2, 0) is 6.42 Å². The predicted molar refractivity (Wildman–Crippen MR) is 60.9 cm³/mol. The number of fused-ring (bicyclic) bond motifs is 1. The van der Waals surface area contributed by atoms with Gasteiger partial charge in [0.15, 0.2) is 5.65 Å². The fraction of sp³-hybridized carbons (Fsp3) is 0.200. The van der Waals surface area contributed by atoms with Gasteiger partial charge in [0.05, 0.1) is 18.6 Å². The third-order valence-electron chi connectivity index (χ3n) is 2.53. The zero-order chi connectivity index (χ0) is 11.7. The molecule has 3 aromatic rings. The van der Waals surface area contributed by atoms with Crippen molar-refractivity contribution in [2.45, 2.75) is 12.5 Å². The fourth-order valence-electron chi connectivity index (χ4n) is 1.69. The standard InChI is InChI=1S/C10H11N7/c11-7(1-6-2-12-4-14-6)9-16-8-3-13-5-15-10(8)17-9/h2-5,7H,1,11H2,(H,12,14)(H,13,15,16,17). The van der Waals surface area contributed by atoms with E-state index in [-0.39, 0.29) is 6.04 Å². The number of aromatic nitrogens is 6. The van der Waals surface area contributed by atoms with Crippen molar-refractivity contribution >= 4 is 11.2 Å². The highest BCUT2D eigenvalue weighted by Crippen LogP contribution is 2.14. The van der Waals surface area contributed by atoms with Gasteiger partial charge in [0.1, 0.15) is 17.7 Å². The average molecular weight is 229 g/mol. The number of nitrogens with zero attached hydrogens (tertiary/aromatic N) is 4. The van der Waals surface area contributed by atoms with Crippen LogP contribution < -0.4 is 5.73 Å². The van der Waals surface area contributed by atoms with Gasteiger partial charge in [-0.25, -0.2) is 19.9 Å². The van der Waals surface area contributed by atoms with Crippen molar-refractivity contribution in [2.24, 2.45) is 5.73 Å². The van der Waals surface area contributed by atoms with Gasteiger partial charge in [0.2, 0.25) is 0 Å². The first-order chi connectivity index (χ1) is 8.33. The zero-order valence-corrected chi connectivity index (χ0v) is 8.96. The summed E-state index contributed by atoms with van der Waals surface area (Å²) in [7, 11) is 0. The normalized spacial score (nSPS) is 13.0. The van der Waals surface area contributed by atoms with Crippen molar-refractivity contribution in [3.8, 4) is 0 Å². The van der Waals surface area contributed by atoms with Gasteiger partial charge in [-0.15, -0.1) is 0 Å². The summed E-state index contributed by atoms with van der Waals surface area (Å²) in [5.74, 6) is 0.704. The minimum atomic E-state index is -0.218. The van der Waals surface area contributed by atoms with Gasteiger partial charge in [0.25, 0.3) is 0 Å². The van der Waals surface area contributed by atoms with Gasteiger partial charge in [-0.05, 0) is 0 Å². The lowest BCUT2D eigenvalue weighted by Crippen LogP contribution is -2.15. The largest absolute Gasteiger partial charge is 0.348 e. The summed E-state index contributed by atoms with van der Waals surface area (Å²) >= 11 is 0. The van der Waals surface area contributed by atoms with Gasteiger partial charge in [0, 0.05) is 18.3 Å². The molecule has 0 aromatic carbocycles. The molecule has 86 valence electrons. The Bertz CT molecular complexity index is 579. The van der Waals surface area contributed by atoms with Crippen LogP contribution in [0.4, 0.5) is 0 Å². The van der Waals surface area contributed by atoms with E-state index in [9.17, 15) is 0 Å². The number of imidazole rings is 2. The molecule has 4 N–H and O–H groups in total. The zero-order valence-electron chi connectivity index (χ0n) is 8.96. The van der Waals surface area contributed by atoms with E-state index in [0.717, 1.165) is 11.2 Å². The van der Waals surface area contributed by atoms with Gasteiger partial charge in [-0.1, -0.05) is 0 Å². The second-order valence-electron chi connectivity index (χ2n) is 3.77. The van der Waals surface area contributed by atoms with Crippen LogP contribution in [0, 0.1) is 0 Å². The number of nitrogens with two attached hydrogens (primary N) is 1.